The lowest BCUT2D eigenvalue weighted by Crippen LogP contribution is -2.33. The molecular weight excluding hydrogens is 187 g/mol. The molecular formula is C5H5F5S. The second-order valence-electron chi connectivity index (χ2n) is 2.29. The maximum absolute atomic E-state index is 12.3. The second-order valence-corrected chi connectivity index (χ2v) is 3.53. The van der Waals surface area contributed by atoms with Gasteiger partial charge in [-0.25, -0.2) is 0 Å². The third-order valence-corrected chi connectivity index (χ3v) is 2.61. The second kappa shape index (κ2) is 2.50. The fourth-order valence-corrected chi connectivity index (χ4v) is 2.01. The molecule has 0 radical (unpaired) electrons. The van der Waals surface area contributed by atoms with Crippen LogP contribution in [0.25, 0.3) is 0 Å². The predicted molar refractivity (Wildman–Crippen MR) is 31.6 cm³/mol. The molecule has 1 fully saturated rings. The summed E-state index contributed by atoms with van der Waals surface area (Å²) in [6.45, 7) is 0. The first-order valence-electron chi connectivity index (χ1n) is 2.92. The van der Waals surface area contributed by atoms with Gasteiger partial charge in [-0.1, -0.05) is 11.8 Å². The van der Waals surface area contributed by atoms with E-state index in [4.69, 9.17) is 0 Å². The van der Waals surface area contributed by atoms with E-state index in [9.17, 15) is 22.0 Å². The molecule has 11 heavy (non-hydrogen) atoms. The zero-order valence-corrected chi connectivity index (χ0v) is 6.11. The van der Waals surface area contributed by atoms with Gasteiger partial charge in [0, 0.05) is 0 Å². The number of halogens is 5. The Morgan fingerprint density at radius 2 is 1.82 bits per heavy atom. The van der Waals surface area contributed by atoms with E-state index >= 15 is 0 Å². The molecule has 0 spiro atoms. The van der Waals surface area contributed by atoms with Crippen LogP contribution in [0.2, 0.25) is 0 Å². The van der Waals surface area contributed by atoms with E-state index in [-0.39, 0.29) is 17.5 Å². The molecule has 0 N–H and O–H groups in total. The van der Waals surface area contributed by atoms with Gasteiger partial charge in [0.05, 0.1) is 0 Å². The minimum absolute atomic E-state index is 0.0812. The van der Waals surface area contributed by atoms with Crippen molar-refractivity contribution in [1.29, 1.82) is 0 Å². The molecule has 0 aliphatic carbocycles. The van der Waals surface area contributed by atoms with Gasteiger partial charge in [-0.15, -0.1) is 0 Å². The van der Waals surface area contributed by atoms with Gasteiger partial charge in [-0.05, 0) is 12.2 Å². The van der Waals surface area contributed by atoms with E-state index in [2.05, 4.69) is 0 Å². The van der Waals surface area contributed by atoms with Crippen LogP contribution in [0.1, 0.15) is 6.42 Å². The van der Waals surface area contributed by atoms with Crippen molar-refractivity contribution in [3.63, 3.8) is 0 Å². The van der Waals surface area contributed by atoms with Crippen molar-refractivity contribution in [2.75, 3.05) is 5.75 Å². The molecule has 1 aliphatic heterocycles. The highest BCUT2D eigenvalue weighted by molar-refractivity contribution is 8.00. The fraction of sp³-hybridized carbons (Fsp3) is 1.00. The van der Waals surface area contributed by atoms with Gasteiger partial charge in [0.15, 0.2) is 0 Å². The molecule has 1 saturated heterocycles. The molecule has 1 atom stereocenters. The van der Waals surface area contributed by atoms with Crippen LogP contribution in [-0.4, -0.2) is 17.2 Å². The van der Waals surface area contributed by atoms with Gasteiger partial charge in [0.1, 0.15) is 5.92 Å². The monoisotopic (exact) mass is 192 g/mol. The Balaban J connectivity index is 2.73. The molecule has 0 bridgehead atoms. The fourth-order valence-electron chi connectivity index (χ4n) is 0.936. The lowest BCUT2D eigenvalue weighted by atomic mass is 10.1. The maximum Gasteiger partial charge on any atom is 0.398 e. The minimum Gasteiger partial charge on any atom is -0.194 e. The largest absolute Gasteiger partial charge is 0.398 e. The average Bonchev–Trinajstić information content (AvgIpc) is 2.06. The Kier molecular flexibility index (Phi) is 2.07. The van der Waals surface area contributed by atoms with Crippen LogP contribution in [-0.2, 0) is 0 Å². The summed E-state index contributed by atoms with van der Waals surface area (Å²) in [6.07, 6.45) is -5.23. The number of thioether (sulfide) groups is 1. The zero-order valence-electron chi connectivity index (χ0n) is 5.29. The molecule has 0 aromatic heterocycles. The van der Waals surface area contributed by atoms with Crippen LogP contribution in [0.5, 0.6) is 0 Å². The van der Waals surface area contributed by atoms with Gasteiger partial charge in [0.2, 0.25) is 0 Å². The Bertz CT molecular complexity index is 151. The van der Waals surface area contributed by atoms with Gasteiger partial charge in [-0.2, -0.15) is 22.0 Å². The summed E-state index contributed by atoms with van der Waals surface area (Å²) in [6, 6.07) is 0. The molecule has 0 amide bonds. The third-order valence-electron chi connectivity index (χ3n) is 1.50. The normalized spacial score (nSPS) is 30.8. The van der Waals surface area contributed by atoms with Gasteiger partial charge < -0.3 is 0 Å². The highest BCUT2D eigenvalue weighted by Gasteiger charge is 2.58. The SMILES string of the molecule is FC(F)(F)C1CCSC1(F)F. The van der Waals surface area contributed by atoms with Gasteiger partial charge >= 0.3 is 11.4 Å². The quantitative estimate of drug-likeness (QED) is 0.532. The summed E-state index contributed by atoms with van der Waals surface area (Å²) < 4.78 is 60.0. The molecule has 1 unspecified atom stereocenters. The zero-order chi connectivity index (χ0) is 8.70. The predicted octanol–water partition coefficient (Wildman–Crippen LogP) is 2.89. The Morgan fingerprint density at radius 3 is 2.00 bits per heavy atom. The highest BCUT2D eigenvalue weighted by Crippen LogP contribution is 2.52. The number of hydrogen-bond donors (Lipinski definition) is 0. The van der Waals surface area contributed by atoms with E-state index in [0.29, 0.717) is 0 Å². The van der Waals surface area contributed by atoms with Crippen LogP contribution in [0.4, 0.5) is 22.0 Å². The number of rotatable bonds is 0. The van der Waals surface area contributed by atoms with E-state index in [1.807, 2.05) is 0 Å². The van der Waals surface area contributed by atoms with E-state index in [0.717, 1.165) is 0 Å². The summed E-state index contributed by atoms with van der Waals surface area (Å²) >= 11 is 0.0812. The molecule has 0 saturated carbocycles. The van der Waals surface area contributed by atoms with E-state index in [1.165, 1.54) is 0 Å². The molecule has 1 heterocycles. The average molecular weight is 192 g/mol. The molecule has 6 heteroatoms. The lowest BCUT2D eigenvalue weighted by molar-refractivity contribution is -0.212. The Morgan fingerprint density at radius 1 is 1.27 bits per heavy atom. The van der Waals surface area contributed by atoms with Crippen molar-refractivity contribution in [2.45, 2.75) is 17.9 Å². The van der Waals surface area contributed by atoms with Crippen LogP contribution in [0, 0.1) is 5.92 Å². The molecule has 66 valence electrons. The van der Waals surface area contributed by atoms with Crippen molar-refractivity contribution in [3.8, 4) is 0 Å². The van der Waals surface area contributed by atoms with Crippen molar-refractivity contribution < 1.29 is 22.0 Å². The molecule has 1 rings (SSSR count). The first-order valence-corrected chi connectivity index (χ1v) is 3.91. The third kappa shape index (κ3) is 1.77. The number of alkyl halides is 5. The molecule has 0 aromatic carbocycles. The summed E-state index contributed by atoms with van der Waals surface area (Å²) in [4.78, 5) is 0. The van der Waals surface area contributed by atoms with Gasteiger partial charge in [-0.3, -0.25) is 0 Å². The van der Waals surface area contributed by atoms with Crippen molar-refractivity contribution in [3.05, 3.63) is 0 Å². The van der Waals surface area contributed by atoms with Crippen molar-refractivity contribution >= 4 is 11.8 Å². The maximum atomic E-state index is 12.3. The number of hydrogen-bond acceptors (Lipinski definition) is 1. The highest BCUT2D eigenvalue weighted by atomic mass is 32.2. The van der Waals surface area contributed by atoms with E-state index in [1.54, 1.807) is 0 Å². The Labute approximate surface area is 64.1 Å². The first kappa shape index (κ1) is 9.09. The lowest BCUT2D eigenvalue weighted by Gasteiger charge is -2.20. The Hall–Kier alpha value is -0.0000000000000000555. The summed E-state index contributed by atoms with van der Waals surface area (Å²) in [7, 11) is 0. The van der Waals surface area contributed by atoms with Crippen LogP contribution in [0.3, 0.4) is 0 Å². The first-order chi connectivity index (χ1) is 4.84. The molecule has 1 aliphatic rings. The minimum atomic E-state index is -4.76. The van der Waals surface area contributed by atoms with Crippen molar-refractivity contribution in [2.24, 2.45) is 5.92 Å². The summed E-state index contributed by atoms with van der Waals surface area (Å²) in [5.41, 5.74) is 0. The standard InChI is InChI=1S/C5H5F5S/c6-4(7,8)3-1-2-11-5(3,9)10/h3H,1-2H2. The van der Waals surface area contributed by atoms with Crippen molar-refractivity contribution in [1.82, 2.24) is 0 Å². The van der Waals surface area contributed by atoms with Crippen LogP contribution >= 0.6 is 11.8 Å². The van der Waals surface area contributed by atoms with Crippen LogP contribution < -0.4 is 0 Å². The van der Waals surface area contributed by atoms with Gasteiger partial charge in [0.25, 0.3) is 0 Å². The van der Waals surface area contributed by atoms with Crippen LogP contribution in [0.15, 0.2) is 0 Å². The molecule has 0 nitrogen and oxygen atoms in total. The van der Waals surface area contributed by atoms with E-state index < -0.39 is 23.8 Å². The summed E-state index contributed by atoms with van der Waals surface area (Å²) in [5.74, 6) is -2.56. The molecule has 0 aromatic rings. The summed E-state index contributed by atoms with van der Waals surface area (Å²) in [5, 5.41) is -3.61. The smallest absolute Gasteiger partial charge is 0.194 e. The topological polar surface area (TPSA) is 0 Å².